The van der Waals surface area contributed by atoms with Gasteiger partial charge in [0.2, 0.25) is 10.0 Å². The van der Waals surface area contributed by atoms with Crippen LogP contribution in [0, 0.1) is 0 Å². The Balaban J connectivity index is 0.00000320. The average molecular weight is 611 g/mol. The van der Waals surface area contributed by atoms with Crippen LogP contribution in [-0.4, -0.2) is 32.7 Å². The summed E-state index contributed by atoms with van der Waals surface area (Å²) in [5.74, 6) is -0.227. The normalized spacial score (nSPS) is 17.8. The van der Waals surface area contributed by atoms with Crippen molar-refractivity contribution < 1.29 is 51.2 Å². The smallest absolute Gasteiger partial charge is 0.545 e. The minimum Gasteiger partial charge on any atom is -0.545 e. The molecule has 0 bridgehead atoms. The van der Waals surface area contributed by atoms with Gasteiger partial charge < -0.3 is 14.5 Å². The molecule has 0 spiro atoms. The molecule has 9 nitrogen and oxygen atoms in total. The number of fused-ring (bicyclic) bond motifs is 1. The van der Waals surface area contributed by atoms with Crippen LogP contribution < -0.4 is 34.3 Å². The predicted molar refractivity (Wildman–Crippen MR) is 138 cm³/mol. The summed E-state index contributed by atoms with van der Waals surface area (Å²) in [4.78, 5) is 19.5. The number of hydrogen-bond donors (Lipinski definition) is 2. The first-order valence-corrected chi connectivity index (χ1v) is 14.7. The van der Waals surface area contributed by atoms with Crippen molar-refractivity contribution in [1.82, 2.24) is 14.7 Å². The number of benzene rings is 3. The summed E-state index contributed by atoms with van der Waals surface area (Å²) in [6, 6.07) is 19.8. The molecule has 1 saturated heterocycles. The number of H-pyrrole nitrogens is 1. The van der Waals surface area contributed by atoms with Crippen molar-refractivity contribution >= 4 is 52.9 Å². The number of imidazole rings is 1. The maximum atomic E-state index is 13.1. The molecule has 0 aliphatic carbocycles. The second kappa shape index (κ2) is 11.0. The number of halogens is 1. The molecule has 1 aliphatic rings. The summed E-state index contributed by atoms with van der Waals surface area (Å²) in [5.41, 5.74) is 2.63. The van der Waals surface area contributed by atoms with Crippen LogP contribution in [0.4, 0.5) is 0 Å². The summed E-state index contributed by atoms with van der Waals surface area (Å²) < 4.78 is 57.3. The molecule has 0 radical (unpaired) electrons. The van der Waals surface area contributed by atoms with E-state index in [1.54, 1.807) is 36.4 Å². The molecule has 1 amide bonds. The molecule has 2 atom stereocenters. The third kappa shape index (κ3) is 6.00. The third-order valence-corrected chi connectivity index (χ3v) is 9.66. The van der Waals surface area contributed by atoms with Crippen molar-refractivity contribution in [2.75, 3.05) is 0 Å². The van der Waals surface area contributed by atoms with Crippen molar-refractivity contribution in [2.24, 2.45) is 0 Å². The van der Waals surface area contributed by atoms with E-state index in [4.69, 9.17) is 0 Å². The molecule has 186 valence electrons. The van der Waals surface area contributed by atoms with Gasteiger partial charge in [0.1, 0.15) is 15.8 Å². The van der Waals surface area contributed by atoms with E-state index in [1.165, 1.54) is 12.1 Å². The predicted octanol–water partition coefficient (Wildman–Crippen LogP) is 1.27. The first-order chi connectivity index (χ1) is 17.1. The van der Waals surface area contributed by atoms with Crippen LogP contribution in [0.2, 0.25) is 0 Å². The van der Waals surface area contributed by atoms with Crippen molar-refractivity contribution in [3.63, 3.8) is 0 Å². The molecule has 37 heavy (non-hydrogen) atoms. The third-order valence-electron chi connectivity index (χ3n) is 5.89. The summed E-state index contributed by atoms with van der Waals surface area (Å²) in [5, 5.41) is -1.05. The SMILES string of the molecule is O=C1CC(c2ccc(C[C@H](NS(=O)(=O)c3ccccc3)c3nc4ccccc4[nH]3)cc2Br)S(=O)(=O)[N-]1.[Na+]. The minimum absolute atomic E-state index is 0. The monoisotopic (exact) mass is 610 g/mol. The Kier molecular flexibility index (Phi) is 8.29. The first-order valence-electron chi connectivity index (χ1n) is 10.9. The van der Waals surface area contributed by atoms with Crippen LogP contribution in [0.15, 0.2) is 82.2 Å². The summed E-state index contributed by atoms with van der Waals surface area (Å²) in [6.07, 6.45) is 0.0181. The van der Waals surface area contributed by atoms with Gasteiger partial charge in [-0.3, -0.25) is 0 Å². The van der Waals surface area contributed by atoms with Gasteiger partial charge in [0.25, 0.3) is 0 Å². The number of sulfonamides is 2. The molecule has 4 aromatic rings. The Morgan fingerprint density at radius 1 is 1.08 bits per heavy atom. The van der Waals surface area contributed by atoms with E-state index in [2.05, 4.69) is 35.3 Å². The van der Waals surface area contributed by atoms with E-state index in [1.807, 2.05) is 24.3 Å². The molecule has 13 heteroatoms. The number of aromatic nitrogens is 2. The van der Waals surface area contributed by atoms with Gasteiger partial charge in [-0.1, -0.05) is 58.4 Å². The molecule has 3 aromatic carbocycles. The Morgan fingerprint density at radius 2 is 1.78 bits per heavy atom. The maximum Gasteiger partial charge on any atom is 1.00 e. The zero-order valence-corrected chi connectivity index (χ0v) is 24.8. The van der Waals surface area contributed by atoms with Crippen LogP contribution in [0.25, 0.3) is 15.8 Å². The number of rotatable bonds is 7. The minimum atomic E-state index is -3.92. The second-order valence-corrected chi connectivity index (χ2v) is 12.7. The number of para-hydroxylation sites is 2. The number of hydrogen-bond acceptors (Lipinski definition) is 6. The zero-order valence-electron chi connectivity index (χ0n) is 19.6. The number of carbonyl (C=O) groups excluding carboxylic acids is 1. The fraction of sp³-hybridized carbons (Fsp3) is 0.167. The average Bonchev–Trinajstić information content (AvgIpc) is 3.38. The molecule has 1 aliphatic heterocycles. The van der Waals surface area contributed by atoms with E-state index in [0.29, 0.717) is 21.4 Å². The fourth-order valence-electron chi connectivity index (χ4n) is 4.16. The second-order valence-electron chi connectivity index (χ2n) is 8.38. The molecule has 1 unspecified atom stereocenters. The largest absolute Gasteiger partial charge is 1.00 e. The van der Waals surface area contributed by atoms with Gasteiger partial charge in [0.15, 0.2) is 0 Å². The Bertz CT molecular complexity index is 1640. The molecule has 1 aromatic heterocycles. The van der Waals surface area contributed by atoms with Gasteiger partial charge in [-0.25, -0.2) is 26.5 Å². The summed E-state index contributed by atoms with van der Waals surface area (Å²) in [7, 11) is -7.79. The van der Waals surface area contributed by atoms with E-state index >= 15 is 0 Å². The number of nitrogens with zero attached hydrogens (tertiary/aromatic N) is 2. The summed E-state index contributed by atoms with van der Waals surface area (Å²) in [6.45, 7) is 0. The van der Waals surface area contributed by atoms with Crippen molar-refractivity contribution in [2.45, 2.75) is 29.0 Å². The van der Waals surface area contributed by atoms with Gasteiger partial charge in [0, 0.05) is 10.9 Å². The van der Waals surface area contributed by atoms with Crippen molar-refractivity contribution in [3.05, 3.63) is 98.9 Å². The molecule has 2 heterocycles. The Labute approximate surface area is 245 Å². The van der Waals surface area contributed by atoms with Gasteiger partial charge >= 0.3 is 29.6 Å². The topological polar surface area (TPSA) is 140 Å². The number of carbonyl (C=O) groups is 1. The van der Waals surface area contributed by atoms with Crippen LogP contribution >= 0.6 is 15.9 Å². The molecule has 1 fully saturated rings. The Morgan fingerprint density at radius 3 is 2.43 bits per heavy atom. The van der Waals surface area contributed by atoms with Gasteiger partial charge in [-0.2, -0.15) is 0 Å². The summed E-state index contributed by atoms with van der Waals surface area (Å²) >= 11 is 3.42. The molecule has 0 saturated carbocycles. The zero-order chi connectivity index (χ0) is 25.5. The van der Waals surface area contributed by atoms with Crippen molar-refractivity contribution in [1.29, 1.82) is 0 Å². The van der Waals surface area contributed by atoms with E-state index < -0.39 is 37.2 Å². The van der Waals surface area contributed by atoms with Gasteiger partial charge in [-0.05, 0) is 47.9 Å². The van der Waals surface area contributed by atoms with E-state index in [9.17, 15) is 21.6 Å². The van der Waals surface area contributed by atoms with Gasteiger partial charge in [-0.15, -0.1) is 0 Å². The van der Waals surface area contributed by atoms with Crippen molar-refractivity contribution in [3.8, 4) is 0 Å². The molecule has 5 rings (SSSR count). The fourth-order valence-corrected chi connectivity index (χ4v) is 7.60. The number of aromatic amines is 1. The number of nitrogens with one attached hydrogen (secondary N) is 2. The number of amides is 1. The molecular weight excluding hydrogens is 591 g/mol. The van der Waals surface area contributed by atoms with Crippen LogP contribution in [-0.2, 0) is 31.3 Å². The van der Waals surface area contributed by atoms with Crippen LogP contribution in [0.3, 0.4) is 0 Å². The molecular formula is C24H20BrN4NaO5S2. The molecule has 2 N–H and O–H groups in total. The quantitative estimate of drug-likeness (QED) is 0.302. The van der Waals surface area contributed by atoms with Crippen LogP contribution in [0.5, 0.6) is 0 Å². The van der Waals surface area contributed by atoms with E-state index in [-0.39, 0.29) is 47.3 Å². The van der Waals surface area contributed by atoms with Crippen LogP contribution in [0.1, 0.15) is 34.7 Å². The first kappa shape index (κ1) is 28.0. The van der Waals surface area contributed by atoms with Gasteiger partial charge in [0.05, 0.1) is 33.1 Å². The Hall–Kier alpha value is -2.06. The van der Waals surface area contributed by atoms with E-state index in [0.717, 1.165) is 11.1 Å². The maximum absolute atomic E-state index is 13.1. The standard InChI is InChI=1S/C24H21BrN4O5S2.Na/c25-18-12-15(10-11-17(18)22-14-23(30)29-36(22,33)34)13-21(24-26-19-8-4-5-9-20(19)27-24)28-35(31,32)16-6-2-1-3-7-16;/h1-12,21-22,28H,13-14H2,(H2,26,27,29,30);/q;+1/p-1/t21-,22?;/m0./s1.